The predicted molar refractivity (Wildman–Crippen MR) is 131 cm³/mol. The minimum atomic E-state index is -4.56. The van der Waals surface area contributed by atoms with Crippen LogP contribution in [0.25, 0.3) is 22.0 Å². The lowest BCUT2D eigenvalue weighted by molar-refractivity contribution is -0.140. The van der Waals surface area contributed by atoms with E-state index in [2.05, 4.69) is 15.0 Å². The van der Waals surface area contributed by atoms with E-state index in [0.717, 1.165) is 29.5 Å². The molecule has 0 aliphatic carbocycles. The molecule has 4 aromatic rings. The van der Waals surface area contributed by atoms with E-state index in [1.54, 1.807) is 30.5 Å². The van der Waals surface area contributed by atoms with Crippen LogP contribution < -0.4 is 4.90 Å². The van der Waals surface area contributed by atoms with Gasteiger partial charge in [0.15, 0.2) is 15.6 Å². The average Bonchev–Trinajstić information content (AvgIpc) is 3.53. The van der Waals surface area contributed by atoms with Crippen LogP contribution in [0, 0.1) is 5.92 Å². The van der Waals surface area contributed by atoms with E-state index in [1.807, 2.05) is 11.2 Å². The first kappa shape index (κ1) is 24.4. The number of carbonyl (C=O) groups excluding carboxylic acids is 1. The van der Waals surface area contributed by atoms with Crippen LogP contribution in [-0.2, 0) is 16.0 Å². The summed E-state index contributed by atoms with van der Waals surface area (Å²) in [5.74, 6) is -0.285. The van der Waals surface area contributed by atoms with Crippen LogP contribution in [0.1, 0.15) is 28.2 Å². The molecule has 1 aromatic carbocycles. The zero-order valence-corrected chi connectivity index (χ0v) is 20.7. The number of rotatable bonds is 5. The highest BCUT2D eigenvalue weighted by atomic mass is 32.2. The SMILES string of the molecule is CS(=O)(=O)c1ccc(C(=O)C2CCN(c3ccnc4ccc(-c5cn[nH]c5C(F)(F)F)cc34)CC2)s1. The fourth-order valence-electron chi connectivity index (χ4n) is 4.53. The second kappa shape index (κ2) is 9.00. The van der Waals surface area contributed by atoms with Gasteiger partial charge >= 0.3 is 6.18 Å². The first-order valence-electron chi connectivity index (χ1n) is 11.1. The molecule has 0 atom stereocenters. The predicted octanol–water partition coefficient (Wildman–Crippen LogP) is 5.21. The third-order valence-corrected chi connectivity index (χ3v) is 9.27. The summed E-state index contributed by atoms with van der Waals surface area (Å²) in [7, 11) is -3.36. The smallest absolute Gasteiger partial charge is 0.371 e. The van der Waals surface area contributed by atoms with Crippen molar-refractivity contribution in [3.05, 3.63) is 59.4 Å². The van der Waals surface area contributed by atoms with Crippen molar-refractivity contribution in [2.75, 3.05) is 24.2 Å². The molecule has 5 rings (SSSR count). The molecule has 188 valence electrons. The molecule has 12 heteroatoms. The number of nitrogens with zero attached hydrogens (tertiary/aromatic N) is 3. The van der Waals surface area contributed by atoms with E-state index in [1.165, 1.54) is 6.07 Å². The number of hydrogen-bond acceptors (Lipinski definition) is 7. The van der Waals surface area contributed by atoms with Crippen molar-refractivity contribution < 1.29 is 26.4 Å². The monoisotopic (exact) mass is 534 g/mol. The highest BCUT2D eigenvalue weighted by Gasteiger charge is 2.36. The molecule has 4 heterocycles. The number of hydrogen-bond donors (Lipinski definition) is 1. The molecule has 0 spiro atoms. The Balaban J connectivity index is 1.38. The first-order chi connectivity index (χ1) is 17.0. The van der Waals surface area contributed by atoms with Gasteiger partial charge in [0.1, 0.15) is 9.90 Å². The van der Waals surface area contributed by atoms with Crippen molar-refractivity contribution in [3.8, 4) is 11.1 Å². The molecule has 0 amide bonds. The lowest BCUT2D eigenvalue weighted by Gasteiger charge is -2.33. The van der Waals surface area contributed by atoms with Gasteiger partial charge in [-0.2, -0.15) is 18.3 Å². The standard InChI is InChI=1S/C24H21F3N4O3S2/c1-36(33,34)21-5-4-20(35-21)22(32)14-7-10-31(11-8-14)19-6-9-28-18-3-2-15(12-16(18)19)17-13-29-30-23(17)24(25,26)27/h2-6,9,12-14H,7-8,10-11H2,1H3,(H,29,30). The Kier molecular flexibility index (Phi) is 6.11. The fourth-order valence-corrected chi connectivity index (χ4v) is 6.48. The summed E-state index contributed by atoms with van der Waals surface area (Å²) in [5, 5.41) is 6.34. The van der Waals surface area contributed by atoms with Crippen molar-refractivity contribution in [1.82, 2.24) is 15.2 Å². The van der Waals surface area contributed by atoms with E-state index in [-0.39, 0.29) is 21.5 Å². The second-order valence-corrected chi connectivity index (χ2v) is 12.1. The Bertz CT molecular complexity index is 1550. The number of alkyl halides is 3. The van der Waals surface area contributed by atoms with Crippen molar-refractivity contribution in [2.45, 2.75) is 23.2 Å². The molecule has 1 aliphatic rings. The molecule has 0 unspecified atom stereocenters. The summed E-state index contributed by atoms with van der Waals surface area (Å²) < 4.78 is 63.8. The summed E-state index contributed by atoms with van der Waals surface area (Å²) in [4.78, 5) is 19.9. The van der Waals surface area contributed by atoms with Gasteiger partial charge in [-0.05, 0) is 48.7 Å². The number of fused-ring (bicyclic) bond motifs is 1. The zero-order chi connectivity index (χ0) is 25.7. The van der Waals surface area contributed by atoms with Crippen LogP contribution >= 0.6 is 11.3 Å². The number of H-pyrrole nitrogens is 1. The van der Waals surface area contributed by atoms with E-state index >= 15 is 0 Å². The maximum Gasteiger partial charge on any atom is 0.433 e. The number of benzene rings is 1. The summed E-state index contributed by atoms with van der Waals surface area (Å²) in [6.45, 7) is 1.15. The maximum absolute atomic E-state index is 13.4. The van der Waals surface area contributed by atoms with Crippen molar-refractivity contribution >= 4 is 43.5 Å². The number of nitrogens with one attached hydrogen (secondary N) is 1. The van der Waals surface area contributed by atoms with E-state index in [0.29, 0.717) is 47.3 Å². The summed E-state index contributed by atoms with van der Waals surface area (Å²) >= 11 is 0.997. The van der Waals surface area contributed by atoms with Gasteiger partial charge in [-0.1, -0.05) is 6.07 Å². The maximum atomic E-state index is 13.4. The van der Waals surface area contributed by atoms with E-state index in [9.17, 15) is 26.4 Å². The number of thiophene rings is 1. The molecule has 1 fully saturated rings. The molecule has 0 bridgehead atoms. The number of piperidine rings is 1. The average molecular weight is 535 g/mol. The normalized spacial score (nSPS) is 15.5. The van der Waals surface area contributed by atoms with Gasteiger partial charge in [0, 0.05) is 48.1 Å². The van der Waals surface area contributed by atoms with Crippen LogP contribution in [-0.4, -0.2) is 48.7 Å². The Labute approximate surface area is 208 Å². The number of anilines is 1. The van der Waals surface area contributed by atoms with Crippen LogP contribution in [0.2, 0.25) is 0 Å². The number of carbonyl (C=O) groups is 1. The number of pyridine rings is 1. The first-order valence-corrected chi connectivity index (χ1v) is 13.8. The highest BCUT2D eigenvalue weighted by Crippen LogP contribution is 2.38. The minimum Gasteiger partial charge on any atom is -0.371 e. The molecular weight excluding hydrogens is 513 g/mol. The number of ketones is 1. The van der Waals surface area contributed by atoms with Gasteiger partial charge in [0.2, 0.25) is 0 Å². The summed E-state index contributed by atoms with van der Waals surface area (Å²) in [6.07, 6.45) is 0.537. The number of halogens is 3. The molecule has 1 aliphatic heterocycles. The van der Waals surface area contributed by atoms with Gasteiger partial charge in [0.25, 0.3) is 0 Å². The van der Waals surface area contributed by atoms with E-state index < -0.39 is 21.7 Å². The van der Waals surface area contributed by atoms with Crippen molar-refractivity contribution in [1.29, 1.82) is 0 Å². The van der Waals surface area contributed by atoms with Gasteiger partial charge in [-0.15, -0.1) is 11.3 Å². The minimum absolute atomic E-state index is 0.0343. The molecule has 1 N–H and O–H groups in total. The molecule has 36 heavy (non-hydrogen) atoms. The van der Waals surface area contributed by atoms with Crippen LogP contribution in [0.5, 0.6) is 0 Å². The molecule has 1 saturated heterocycles. The van der Waals surface area contributed by atoms with Gasteiger partial charge in [-0.25, -0.2) is 8.42 Å². The van der Waals surface area contributed by atoms with Crippen LogP contribution in [0.4, 0.5) is 18.9 Å². The third kappa shape index (κ3) is 4.62. The Hall–Kier alpha value is -3.25. The van der Waals surface area contributed by atoms with Crippen molar-refractivity contribution in [2.24, 2.45) is 5.92 Å². The summed E-state index contributed by atoms with van der Waals surface area (Å²) in [5.41, 5.74) is 0.924. The quantitative estimate of drug-likeness (QED) is 0.353. The topological polar surface area (TPSA) is 96.0 Å². The Morgan fingerprint density at radius 2 is 1.89 bits per heavy atom. The molecule has 3 aromatic heterocycles. The molecule has 0 saturated carbocycles. The highest BCUT2D eigenvalue weighted by molar-refractivity contribution is 7.92. The lowest BCUT2D eigenvalue weighted by atomic mass is 9.91. The van der Waals surface area contributed by atoms with Gasteiger partial charge in [-0.3, -0.25) is 14.9 Å². The Morgan fingerprint density at radius 3 is 2.56 bits per heavy atom. The third-order valence-electron chi connectivity index (χ3n) is 6.35. The van der Waals surface area contributed by atoms with Crippen molar-refractivity contribution in [3.63, 3.8) is 0 Å². The Morgan fingerprint density at radius 1 is 1.14 bits per heavy atom. The van der Waals surface area contributed by atoms with Gasteiger partial charge < -0.3 is 4.90 Å². The van der Waals surface area contributed by atoms with E-state index in [4.69, 9.17) is 0 Å². The molecule has 0 radical (unpaired) electrons. The van der Waals surface area contributed by atoms with Crippen LogP contribution in [0.3, 0.4) is 0 Å². The largest absolute Gasteiger partial charge is 0.433 e. The number of aromatic amines is 1. The number of sulfone groups is 1. The number of Topliss-reactive ketones (excluding diaryl/α,β-unsaturated/α-hetero) is 1. The molecule has 7 nitrogen and oxygen atoms in total. The van der Waals surface area contributed by atoms with Crippen LogP contribution in [0.15, 0.2) is 53.0 Å². The summed E-state index contributed by atoms with van der Waals surface area (Å²) in [6, 6.07) is 9.83. The van der Waals surface area contributed by atoms with Gasteiger partial charge in [0.05, 0.1) is 16.6 Å². The fraction of sp³-hybridized carbons (Fsp3) is 0.292. The lowest BCUT2D eigenvalue weighted by Crippen LogP contribution is -2.36. The number of aromatic nitrogens is 3. The zero-order valence-electron chi connectivity index (χ0n) is 19.0. The second-order valence-electron chi connectivity index (χ2n) is 8.73. The molecular formula is C24H21F3N4O3S2.